The van der Waals surface area contributed by atoms with Crippen molar-refractivity contribution in [2.45, 2.75) is 13.0 Å². The fourth-order valence-corrected chi connectivity index (χ4v) is 0.923. The van der Waals surface area contributed by atoms with Crippen molar-refractivity contribution in [3.05, 3.63) is 23.1 Å². The van der Waals surface area contributed by atoms with Gasteiger partial charge in [0, 0.05) is 12.6 Å². The number of furan rings is 1. The van der Waals surface area contributed by atoms with Crippen LogP contribution in [0.25, 0.3) is 0 Å². The molecule has 1 aromatic rings. The minimum Gasteiger partial charge on any atom is -0.440 e. The molecule has 0 saturated heterocycles. The van der Waals surface area contributed by atoms with E-state index < -0.39 is 0 Å². The maximum Gasteiger partial charge on any atom is 0.287 e. The standard InChI is InChI=1S/C8H11ClN2O2/c1-5(10)4-11-8(12)6-2-3-7(9)13-6/h2-3,5H,4,10H2,1H3,(H,11,12). The largest absolute Gasteiger partial charge is 0.440 e. The smallest absolute Gasteiger partial charge is 0.287 e. The van der Waals surface area contributed by atoms with Crippen LogP contribution < -0.4 is 11.1 Å². The predicted molar refractivity (Wildman–Crippen MR) is 49.7 cm³/mol. The van der Waals surface area contributed by atoms with Crippen LogP contribution in [0.1, 0.15) is 17.5 Å². The zero-order valence-electron chi connectivity index (χ0n) is 7.21. The van der Waals surface area contributed by atoms with Gasteiger partial charge in [-0.2, -0.15) is 0 Å². The van der Waals surface area contributed by atoms with Crippen LogP contribution in [0, 0.1) is 0 Å². The summed E-state index contributed by atoms with van der Waals surface area (Å²) in [7, 11) is 0. The molecule has 0 radical (unpaired) electrons. The lowest BCUT2D eigenvalue weighted by Crippen LogP contribution is -2.34. The van der Waals surface area contributed by atoms with Gasteiger partial charge in [-0.3, -0.25) is 4.79 Å². The molecule has 0 fully saturated rings. The fraction of sp³-hybridized carbons (Fsp3) is 0.375. The first-order valence-corrected chi connectivity index (χ1v) is 4.26. The van der Waals surface area contributed by atoms with Crippen molar-refractivity contribution in [2.75, 3.05) is 6.54 Å². The van der Waals surface area contributed by atoms with Gasteiger partial charge in [-0.25, -0.2) is 0 Å². The van der Waals surface area contributed by atoms with Crippen molar-refractivity contribution >= 4 is 17.5 Å². The van der Waals surface area contributed by atoms with E-state index in [-0.39, 0.29) is 22.9 Å². The van der Waals surface area contributed by atoms with Gasteiger partial charge in [0.2, 0.25) is 0 Å². The van der Waals surface area contributed by atoms with E-state index in [9.17, 15) is 4.79 Å². The molecule has 1 rings (SSSR count). The fourth-order valence-electron chi connectivity index (χ4n) is 0.777. The van der Waals surface area contributed by atoms with E-state index in [1.807, 2.05) is 0 Å². The minimum absolute atomic E-state index is 0.0746. The predicted octanol–water partition coefficient (Wildman–Crippen LogP) is 1.01. The summed E-state index contributed by atoms with van der Waals surface area (Å²) >= 11 is 5.50. The number of rotatable bonds is 3. The maximum atomic E-state index is 11.2. The lowest BCUT2D eigenvalue weighted by molar-refractivity contribution is 0.0924. The van der Waals surface area contributed by atoms with Gasteiger partial charge in [0.25, 0.3) is 5.91 Å². The summed E-state index contributed by atoms with van der Waals surface area (Å²) in [6.45, 7) is 2.21. The Morgan fingerprint density at radius 2 is 2.46 bits per heavy atom. The molecule has 0 spiro atoms. The van der Waals surface area contributed by atoms with Crippen LogP contribution in [-0.2, 0) is 0 Å². The van der Waals surface area contributed by atoms with Crippen LogP contribution in [-0.4, -0.2) is 18.5 Å². The van der Waals surface area contributed by atoms with Crippen molar-refractivity contribution in [3.8, 4) is 0 Å². The molecule has 13 heavy (non-hydrogen) atoms. The number of hydrogen-bond donors (Lipinski definition) is 2. The third-order valence-electron chi connectivity index (χ3n) is 1.38. The van der Waals surface area contributed by atoms with E-state index in [1.165, 1.54) is 12.1 Å². The second kappa shape index (κ2) is 4.30. The van der Waals surface area contributed by atoms with Crippen molar-refractivity contribution in [1.82, 2.24) is 5.32 Å². The molecule has 1 atom stereocenters. The number of hydrogen-bond acceptors (Lipinski definition) is 3. The Morgan fingerprint density at radius 3 is 2.92 bits per heavy atom. The second-order valence-corrected chi connectivity index (χ2v) is 3.16. The van der Waals surface area contributed by atoms with Gasteiger partial charge in [-0.1, -0.05) is 0 Å². The summed E-state index contributed by atoms with van der Waals surface area (Å²) in [6, 6.07) is 2.95. The maximum absolute atomic E-state index is 11.2. The molecule has 1 amide bonds. The van der Waals surface area contributed by atoms with Crippen molar-refractivity contribution in [2.24, 2.45) is 5.73 Å². The van der Waals surface area contributed by atoms with Crippen molar-refractivity contribution < 1.29 is 9.21 Å². The summed E-state index contributed by atoms with van der Waals surface area (Å²) in [6.07, 6.45) is 0. The zero-order valence-corrected chi connectivity index (χ0v) is 7.97. The molecule has 3 N–H and O–H groups in total. The van der Waals surface area contributed by atoms with Gasteiger partial charge in [0.05, 0.1) is 0 Å². The molecule has 5 heteroatoms. The Labute approximate surface area is 81.0 Å². The van der Waals surface area contributed by atoms with E-state index in [4.69, 9.17) is 21.8 Å². The summed E-state index contributed by atoms with van der Waals surface area (Å²) in [5, 5.41) is 2.80. The Kier molecular flexibility index (Phi) is 3.33. The first kappa shape index (κ1) is 10.1. The normalized spacial score (nSPS) is 12.5. The molecular weight excluding hydrogens is 192 g/mol. The lowest BCUT2D eigenvalue weighted by atomic mass is 10.3. The van der Waals surface area contributed by atoms with Crippen LogP contribution >= 0.6 is 11.6 Å². The number of halogens is 1. The van der Waals surface area contributed by atoms with Crippen LogP contribution in [0.3, 0.4) is 0 Å². The van der Waals surface area contributed by atoms with Crippen LogP contribution in [0.2, 0.25) is 5.22 Å². The highest BCUT2D eigenvalue weighted by Gasteiger charge is 2.09. The molecule has 1 unspecified atom stereocenters. The Balaban J connectivity index is 2.49. The van der Waals surface area contributed by atoms with Crippen LogP contribution in [0.15, 0.2) is 16.5 Å². The first-order valence-electron chi connectivity index (χ1n) is 3.88. The third kappa shape index (κ3) is 3.08. The molecule has 0 saturated carbocycles. The molecule has 72 valence electrons. The molecular formula is C8H11ClN2O2. The third-order valence-corrected chi connectivity index (χ3v) is 1.58. The lowest BCUT2D eigenvalue weighted by Gasteiger charge is -2.05. The molecule has 1 heterocycles. The Hall–Kier alpha value is -1.00. The molecule has 0 aromatic carbocycles. The summed E-state index contributed by atoms with van der Waals surface area (Å²) in [5.41, 5.74) is 5.45. The van der Waals surface area contributed by atoms with Crippen LogP contribution in [0.4, 0.5) is 0 Å². The van der Waals surface area contributed by atoms with E-state index in [2.05, 4.69) is 5.32 Å². The van der Waals surface area contributed by atoms with Gasteiger partial charge in [0.1, 0.15) is 0 Å². The van der Waals surface area contributed by atoms with Crippen molar-refractivity contribution in [1.29, 1.82) is 0 Å². The molecule has 0 aliphatic heterocycles. The minimum atomic E-state index is -0.302. The summed E-state index contributed by atoms with van der Waals surface area (Å²) < 4.78 is 4.89. The SMILES string of the molecule is CC(N)CNC(=O)c1ccc(Cl)o1. The van der Waals surface area contributed by atoms with Gasteiger partial charge in [-0.05, 0) is 30.7 Å². The van der Waals surface area contributed by atoms with Gasteiger partial charge in [-0.15, -0.1) is 0 Å². The average molecular weight is 203 g/mol. The first-order chi connectivity index (χ1) is 6.09. The molecule has 0 bridgehead atoms. The Bertz CT molecular complexity index is 296. The topological polar surface area (TPSA) is 68.3 Å². The monoisotopic (exact) mass is 202 g/mol. The molecule has 0 aliphatic carbocycles. The van der Waals surface area contributed by atoms with E-state index in [0.717, 1.165) is 0 Å². The number of carbonyl (C=O) groups is 1. The highest BCUT2D eigenvalue weighted by molar-refractivity contribution is 6.29. The Morgan fingerprint density at radius 1 is 1.77 bits per heavy atom. The molecule has 1 aromatic heterocycles. The summed E-state index contributed by atoms with van der Waals surface area (Å²) in [5.74, 6) is -0.102. The highest BCUT2D eigenvalue weighted by atomic mass is 35.5. The van der Waals surface area contributed by atoms with E-state index in [1.54, 1.807) is 6.92 Å². The zero-order chi connectivity index (χ0) is 9.84. The highest BCUT2D eigenvalue weighted by Crippen LogP contribution is 2.12. The van der Waals surface area contributed by atoms with Crippen molar-refractivity contribution in [3.63, 3.8) is 0 Å². The van der Waals surface area contributed by atoms with E-state index >= 15 is 0 Å². The second-order valence-electron chi connectivity index (χ2n) is 2.79. The quantitative estimate of drug-likeness (QED) is 0.769. The van der Waals surface area contributed by atoms with Gasteiger partial charge < -0.3 is 15.5 Å². The molecule has 4 nitrogen and oxygen atoms in total. The number of nitrogens with two attached hydrogens (primary N) is 1. The summed E-state index contributed by atoms with van der Waals surface area (Å²) in [4.78, 5) is 11.2. The molecule has 0 aliphatic rings. The van der Waals surface area contributed by atoms with Crippen LogP contribution in [0.5, 0.6) is 0 Å². The number of carbonyl (C=O) groups excluding carboxylic acids is 1. The average Bonchev–Trinajstić information content (AvgIpc) is 2.47. The number of amides is 1. The van der Waals surface area contributed by atoms with Gasteiger partial charge in [0.15, 0.2) is 11.0 Å². The van der Waals surface area contributed by atoms with Gasteiger partial charge >= 0.3 is 0 Å². The number of nitrogens with one attached hydrogen (secondary N) is 1. The van der Waals surface area contributed by atoms with E-state index in [0.29, 0.717) is 6.54 Å².